The molecule has 1 heterocycles. The van der Waals surface area contributed by atoms with Gasteiger partial charge in [-0.15, -0.1) is 0 Å². The van der Waals surface area contributed by atoms with Crippen molar-refractivity contribution >= 4 is 17.1 Å². The molecule has 0 unspecified atom stereocenters. The van der Waals surface area contributed by atoms with Gasteiger partial charge in [0.1, 0.15) is 0 Å². The summed E-state index contributed by atoms with van der Waals surface area (Å²) in [6.07, 6.45) is -3.76. The van der Waals surface area contributed by atoms with Gasteiger partial charge in [0.15, 0.2) is 0 Å². The minimum atomic E-state index is -4.07. The second-order valence-electron chi connectivity index (χ2n) is 4.82. The number of nitrogens with two attached hydrogens (primary N) is 1. The first kappa shape index (κ1) is 13.8. The van der Waals surface area contributed by atoms with E-state index in [0.29, 0.717) is 18.8 Å². The topological polar surface area (TPSA) is 41.3 Å². The molecule has 0 amide bonds. The van der Waals surface area contributed by atoms with Gasteiger partial charge in [-0.2, -0.15) is 13.2 Å². The summed E-state index contributed by atoms with van der Waals surface area (Å²) in [5.74, 6) is -1.17. The fourth-order valence-corrected chi connectivity index (χ4v) is 2.42. The largest absolute Gasteiger partial charge is 0.397 e. The molecular weight excluding hydrogens is 255 g/mol. The summed E-state index contributed by atoms with van der Waals surface area (Å²) in [7, 11) is 1.77. The highest BCUT2D eigenvalue weighted by atomic mass is 19.4. The normalized spacial score (nSPS) is 17.6. The molecule has 6 heteroatoms. The van der Waals surface area contributed by atoms with E-state index in [1.54, 1.807) is 13.1 Å². The Labute approximate surface area is 110 Å². The Balaban J connectivity index is 2.05. The molecule has 106 valence electrons. The Morgan fingerprint density at radius 3 is 2.42 bits per heavy atom. The van der Waals surface area contributed by atoms with Gasteiger partial charge in [0, 0.05) is 25.8 Å². The Kier molecular flexibility index (Phi) is 3.78. The fraction of sp³-hybridized carbons (Fsp3) is 0.538. The minimum absolute atomic E-state index is 0.156. The molecule has 3 nitrogen and oxygen atoms in total. The molecule has 1 aliphatic heterocycles. The minimum Gasteiger partial charge on any atom is -0.397 e. The van der Waals surface area contributed by atoms with E-state index in [1.165, 1.54) is 0 Å². The van der Waals surface area contributed by atoms with Gasteiger partial charge in [-0.05, 0) is 31.0 Å². The maximum Gasteiger partial charge on any atom is 0.391 e. The van der Waals surface area contributed by atoms with Crippen molar-refractivity contribution in [2.24, 2.45) is 5.92 Å². The highest BCUT2D eigenvalue weighted by Gasteiger charge is 2.41. The summed E-state index contributed by atoms with van der Waals surface area (Å²) in [6.45, 7) is 0.856. The average Bonchev–Trinajstić information content (AvgIpc) is 2.38. The maximum absolute atomic E-state index is 12.6. The van der Waals surface area contributed by atoms with Crippen LogP contribution in [0, 0.1) is 5.92 Å². The number of rotatable bonds is 2. The molecule has 1 aliphatic rings. The van der Waals surface area contributed by atoms with Crippen LogP contribution in [0.2, 0.25) is 0 Å². The lowest BCUT2D eigenvalue weighted by atomic mass is 9.96. The van der Waals surface area contributed by atoms with Crippen LogP contribution in [-0.2, 0) is 0 Å². The summed E-state index contributed by atoms with van der Waals surface area (Å²) in [5.41, 5.74) is 8.13. The van der Waals surface area contributed by atoms with Crippen LogP contribution in [-0.4, -0.2) is 26.3 Å². The van der Waals surface area contributed by atoms with Crippen molar-refractivity contribution < 1.29 is 13.2 Å². The van der Waals surface area contributed by atoms with Gasteiger partial charge in [-0.3, -0.25) is 0 Å². The third-order valence-corrected chi connectivity index (χ3v) is 3.63. The van der Waals surface area contributed by atoms with Crippen LogP contribution < -0.4 is 16.0 Å². The van der Waals surface area contributed by atoms with Gasteiger partial charge in [-0.25, -0.2) is 0 Å². The van der Waals surface area contributed by atoms with Gasteiger partial charge >= 0.3 is 6.18 Å². The molecule has 1 fully saturated rings. The van der Waals surface area contributed by atoms with E-state index in [2.05, 4.69) is 5.32 Å². The predicted octanol–water partition coefficient (Wildman–Crippen LogP) is 3.09. The Morgan fingerprint density at radius 2 is 1.89 bits per heavy atom. The SMILES string of the molecule is CNc1cc(N2CCC(C(F)(F)F)CC2)ccc1N. The lowest BCUT2D eigenvalue weighted by molar-refractivity contribution is -0.179. The van der Waals surface area contributed by atoms with Gasteiger partial charge < -0.3 is 16.0 Å². The van der Waals surface area contributed by atoms with Crippen molar-refractivity contribution in [2.75, 3.05) is 36.1 Å². The van der Waals surface area contributed by atoms with Crippen LogP contribution in [0.25, 0.3) is 0 Å². The zero-order valence-corrected chi connectivity index (χ0v) is 10.8. The van der Waals surface area contributed by atoms with Gasteiger partial charge in [-0.1, -0.05) is 0 Å². The highest BCUT2D eigenvalue weighted by Crippen LogP contribution is 2.36. The van der Waals surface area contributed by atoms with Gasteiger partial charge in [0.2, 0.25) is 0 Å². The fourth-order valence-electron chi connectivity index (χ4n) is 2.42. The first-order valence-corrected chi connectivity index (χ1v) is 6.30. The van der Waals surface area contributed by atoms with E-state index in [9.17, 15) is 13.2 Å². The lowest BCUT2D eigenvalue weighted by Gasteiger charge is -2.34. The van der Waals surface area contributed by atoms with Crippen LogP contribution in [0.5, 0.6) is 0 Å². The van der Waals surface area contributed by atoms with Crippen LogP contribution in [0.15, 0.2) is 18.2 Å². The third-order valence-electron chi connectivity index (χ3n) is 3.63. The molecule has 2 rings (SSSR count). The van der Waals surface area contributed by atoms with Crippen LogP contribution in [0.4, 0.5) is 30.2 Å². The van der Waals surface area contributed by atoms with Crippen LogP contribution in [0.1, 0.15) is 12.8 Å². The van der Waals surface area contributed by atoms with Crippen molar-refractivity contribution in [2.45, 2.75) is 19.0 Å². The number of hydrogen-bond acceptors (Lipinski definition) is 3. The van der Waals surface area contributed by atoms with E-state index in [1.807, 2.05) is 17.0 Å². The second-order valence-corrected chi connectivity index (χ2v) is 4.82. The van der Waals surface area contributed by atoms with Crippen molar-refractivity contribution in [1.82, 2.24) is 0 Å². The number of nitrogens with one attached hydrogen (secondary N) is 1. The third kappa shape index (κ3) is 3.05. The van der Waals surface area contributed by atoms with Crippen LogP contribution >= 0.6 is 0 Å². The Morgan fingerprint density at radius 1 is 1.26 bits per heavy atom. The summed E-state index contributed by atoms with van der Waals surface area (Å²) < 4.78 is 37.8. The summed E-state index contributed by atoms with van der Waals surface area (Å²) in [6, 6.07) is 5.50. The van der Waals surface area contributed by atoms with Crippen molar-refractivity contribution in [3.63, 3.8) is 0 Å². The number of hydrogen-bond donors (Lipinski definition) is 2. The first-order chi connectivity index (χ1) is 8.91. The molecule has 1 saturated heterocycles. The average molecular weight is 273 g/mol. The molecule has 0 bridgehead atoms. The highest BCUT2D eigenvalue weighted by molar-refractivity contribution is 5.72. The van der Waals surface area contributed by atoms with Crippen molar-refractivity contribution in [3.05, 3.63) is 18.2 Å². The van der Waals surface area contributed by atoms with Crippen molar-refractivity contribution in [1.29, 1.82) is 0 Å². The number of piperidine rings is 1. The standard InChI is InChI=1S/C13H18F3N3/c1-18-12-8-10(2-3-11(12)17)19-6-4-9(5-7-19)13(14,15)16/h2-3,8-9,18H,4-7,17H2,1H3. The predicted molar refractivity (Wildman–Crippen MR) is 71.4 cm³/mol. The monoisotopic (exact) mass is 273 g/mol. The van der Waals surface area contributed by atoms with Crippen LogP contribution in [0.3, 0.4) is 0 Å². The molecule has 19 heavy (non-hydrogen) atoms. The second kappa shape index (κ2) is 5.19. The van der Waals surface area contributed by atoms with E-state index in [-0.39, 0.29) is 12.8 Å². The van der Waals surface area contributed by atoms with Gasteiger partial charge in [0.25, 0.3) is 0 Å². The molecule has 3 N–H and O–H groups in total. The van der Waals surface area contributed by atoms with E-state index >= 15 is 0 Å². The zero-order chi connectivity index (χ0) is 14.0. The number of nitrogens with zero attached hydrogens (tertiary/aromatic N) is 1. The number of nitrogen functional groups attached to an aromatic ring is 1. The molecule has 0 radical (unpaired) electrons. The lowest BCUT2D eigenvalue weighted by Crippen LogP contribution is -2.39. The van der Waals surface area contributed by atoms with E-state index in [4.69, 9.17) is 5.73 Å². The summed E-state index contributed by atoms with van der Waals surface area (Å²) in [4.78, 5) is 1.97. The first-order valence-electron chi connectivity index (χ1n) is 6.30. The molecule has 0 atom stereocenters. The molecule has 0 saturated carbocycles. The molecule has 1 aromatic carbocycles. The zero-order valence-electron chi connectivity index (χ0n) is 10.8. The van der Waals surface area contributed by atoms with E-state index < -0.39 is 12.1 Å². The Hall–Kier alpha value is -1.59. The quantitative estimate of drug-likeness (QED) is 0.814. The molecule has 0 aromatic heterocycles. The molecular formula is C13H18F3N3. The van der Waals surface area contributed by atoms with Crippen molar-refractivity contribution in [3.8, 4) is 0 Å². The number of alkyl halides is 3. The maximum atomic E-state index is 12.6. The number of anilines is 3. The number of benzene rings is 1. The summed E-state index contributed by atoms with van der Waals surface area (Å²) >= 11 is 0. The summed E-state index contributed by atoms with van der Waals surface area (Å²) in [5, 5.41) is 2.98. The van der Waals surface area contributed by atoms with Gasteiger partial charge in [0.05, 0.1) is 17.3 Å². The number of halogens is 3. The smallest absolute Gasteiger partial charge is 0.391 e. The Bertz CT molecular complexity index is 437. The molecule has 0 aliphatic carbocycles. The van der Waals surface area contributed by atoms with E-state index in [0.717, 1.165) is 11.4 Å². The molecule has 0 spiro atoms. The molecule has 1 aromatic rings.